The highest BCUT2D eigenvalue weighted by Gasteiger charge is 2.85. The maximum atomic E-state index is 14.3. The van der Waals surface area contributed by atoms with Crippen molar-refractivity contribution >= 4 is 11.6 Å². The van der Waals surface area contributed by atoms with E-state index < -0.39 is 22.8 Å². The Kier molecular flexibility index (Phi) is 3.66. The zero-order valence-corrected chi connectivity index (χ0v) is 20.2. The lowest BCUT2D eigenvalue weighted by molar-refractivity contribution is -0.214. The summed E-state index contributed by atoms with van der Waals surface area (Å²) < 4.78 is 20.1. The molecule has 3 aliphatic carbocycles. The molecule has 5 bridgehead atoms. The molecule has 7 heteroatoms. The Balaban J connectivity index is 1.32. The largest absolute Gasteiger partial charge is 0.504 e. The van der Waals surface area contributed by atoms with Gasteiger partial charge < -0.3 is 19.3 Å². The van der Waals surface area contributed by atoms with Crippen molar-refractivity contribution in [3.63, 3.8) is 0 Å². The highest BCUT2D eigenvalue weighted by molar-refractivity contribution is 6.02. The van der Waals surface area contributed by atoms with Crippen LogP contribution in [-0.2, 0) is 26.1 Å². The van der Waals surface area contributed by atoms with Crippen molar-refractivity contribution in [2.24, 2.45) is 11.8 Å². The van der Waals surface area contributed by atoms with E-state index in [-0.39, 0.29) is 30.4 Å². The van der Waals surface area contributed by atoms with Gasteiger partial charge >= 0.3 is 0 Å². The minimum Gasteiger partial charge on any atom is -0.504 e. The number of anilines is 1. The number of hydrogen-bond acceptors (Lipinski definition) is 6. The first kappa shape index (κ1) is 20.4. The van der Waals surface area contributed by atoms with Gasteiger partial charge in [-0.15, -0.1) is 0 Å². The van der Waals surface area contributed by atoms with E-state index >= 15 is 0 Å². The van der Waals surface area contributed by atoms with Crippen LogP contribution in [0.15, 0.2) is 42.5 Å². The lowest BCUT2D eigenvalue weighted by atomic mass is 9.45. The van der Waals surface area contributed by atoms with Gasteiger partial charge in [0.15, 0.2) is 24.0 Å². The van der Waals surface area contributed by atoms with Gasteiger partial charge in [0.2, 0.25) is 0 Å². The van der Waals surface area contributed by atoms with Gasteiger partial charge in [0.05, 0.1) is 11.5 Å². The van der Waals surface area contributed by atoms with Crippen molar-refractivity contribution < 1.29 is 24.1 Å². The quantitative estimate of drug-likeness (QED) is 0.718. The molecule has 1 N–H and O–H groups in total. The highest BCUT2D eigenvalue weighted by Crippen LogP contribution is 2.74. The fourth-order valence-electron chi connectivity index (χ4n) is 9.39. The molecule has 9 rings (SSSR count). The molecule has 7 nitrogen and oxygen atoms in total. The average molecular weight is 487 g/mol. The molecular weight excluding hydrogens is 456 g/mol. The molecule has 7 aliphatic rings. The fraction of sp³-hybridized carbons (Fsp3) is 0.552. The Morgan fingerprint density at radius 3 is 2.75 bits per heavy atom. The van der Waals surface area contributed by atoms with Crippen LogP contribution in [-0.4, -0.2) is 59.3 Å². The van der Waals surface area contributed by atoms with Crippen molar-refractivity contribution in [3.8, 4) is 11.5 Å². The third-order valence-corrected chi connectivity index (χ3v) is 10.7. The zero-order chi connectivity index (χ0) is 23.9. The monoisotopic (exact) mass is 486 g/mol. The van der Waals surface area contributed by atoms with Crippen LogP contribution in [0.3, 0.4) is 0 Å². The number of benzene rings is 2. The van der Waals surface area contributed by atoms with Crippen molar-refractivity contribution in [2.75, 3.05) is 24.8 Å². The summed E-state index contributed by atoms with van der Waals surface area (Å²) in [5, 5.41) is 11.0. The summed E-state index contributed by atoms with van der Waals surface area (Å²) >= 11 is 0. The number of aromatic hydroxyl groups is 1. The second-order valence-electron chi connectivity index (χ2n) is 12.0. The molecule has 1 spiro atoms. The molecule has 2 saturated carbocycles. The van der Waals surface area contributed by atoms with Crippen LogP contribution < -0.4 is 9.64 Å². The van der Waals surface area contributed by atoms with Crippen LogP contribution in [0.1, 0.15) is 43.2 Å². The lowest BCUT2D eigenvalue weighted by Gasteiger charge is -2.67. The Hall–Kier alpha value is -2.61. The number of phenols is 1. The Labute approximate surface area is 209 Å². The van der Waals surface area contributed by atoms with Crippen molar-refractivity contribution in [1.29, 1.82) is 0 Å². The van der Waals surface area contributed by atoms with Gasteiger partial charge in [-0.1, -0.05) is 24.3 Å². The summed E-state index contributed by atoms with van der Waals surface area (Å²) in [5.74, 6) is 1.32. The normalized spacial score (nSPS) is 41.6. The minimum absolute atomic E-state index is 0.00130. The van der Waals surface area contributed by atoms with E-state index in [1.807, 2.05) is 35.2 Å². The summed E-state index contributed by atoms with van der Waals surface area (Å²) in [5.41, 5.74) is 1.42. The van der Waals surface area contributed by atoms with Gasteiger partial charge in [-0.3, -0.25) is 14.6 Å². The summed E-state index contributed by atoms with van der Waals surface area (Å²) in [7, 11) is 0. The average Bonchev–Trinajstić information content (AvgIpc) is 3.61. The summed E-state index contributed by atoms with van der Waals surface area (Å²) in [6.45, 7) is 2.08. The number of hydrogen-bond donors (Lipinski definition) is 1. The predicted molar refractivity (Wildman–Crippen MR) is 130 cm³/mol. The first-order valence-electron chi connectivity index (χ1n) is 13.5. The van der Waals surface area contributed by atoms with Gasteiger partial charge in [-0.2, -0.15) is 0 Å². The van der Waals surface area contributed by atoms with E-state index in [2.05, 4.69) is 11.0 Å². The highest BCUT2D eigenvalue weighted by atomic mass is 16.7. The predicted octanol–water partition coefficient (Wildman–Crippen LogP) is 3.33. The van der Waals surface area contributed by atoms with Crippen molar-refractivity contribution in [1.82, 2.24) is 4.90 Å². The Morgan fingerprint density at radius 2 is 1.92 bits per heavy atom. The van der Waals surface area contributed by atoms with Crippen LogP contribution in [0.5, 0.6) is 11.5 Å². The fourth-order valence-corrected chi connectivity index (χ4v) is 9.39. The first-order valence-corrected chi connectivity index (χ1v) is 13.5. The molecule has 2 aromatic carbocycles. The maximum absolute atomic E-state index is 14.3. The van der Waals surface area contributed by atoms with E-state index in [9.17, 15) is 9.90 Å². The second-order valence-corrected chi connectivity index (χ2v) is 12.0. The standard InChI is InChI=1S/C29H30N2O5/c32-20-9-8-18-14-21-28-10-11-29-25(24(36-28)26(33)31(29)19-4-2-1-3-5-19)27(28,22(18)23(20)34-16-35-29)12-13-30(21)15-17-6-7-17/h1-5,8-9,17,21,24-25,32H,6-7,10-16H2/t21?,24-,25?,27?,28?,29?/m0/s1. The van der Waals surface area contributed by atoms with Gasteiger partial charge in [-0.05, 0) is 74.8 Å². The number of ether oxygens (including phenoxy) is 3. The summed E-state index contributed by atoms with van der Waals surface area (Å²) in [4.78, 5) is 18.8. The Morgan fingerprint density at radius 1 is 1.06 bits per heavy atom. The number of carbonyl (C=O) groups is 1. The van der Waals surface area contributed by atoms with Crippen LogP contribution in [0.25, 0.3) is 0 Å². The smallest absolute Gasteiger partial charge is 0.259 e. The van der Waals surface area contributed by atoms with Crippen LogP contribution in [0, 0.1) is 11.8 Å². The SMILES string of the molecule is O=C1[C@H]2OC34CCC5(OCOc6c(O)ccc7c6C3(CCN(CC3CC3)C4C7)C25)N1c1ccccc1. The third-order valence-electron chi connectivity index (χ3n) is 10.7. The van der Waals surface area contributed by atoms with E-state index in [0.717, 1.165) is 55.9 Å². The van der Waals surface area contributed by atoms with Gasteiger partial charge in [0.1, 0.15) is 6.10 Å². The van der Waals surface area contributed by atoms with Crippen molar-refractivity contribution in [2.45, 2.75) is 67.4 Å². The number of likely N-dealkylation sites (tertiary alicyclic amines) is 1. The lowest BCUT2D eigenvalue weighted by Crippen LogP contribution is -2.77. The third kappa shape index (κ3) is 2.10. The molecule has 186 valence electrons. The first-order chi connectivity index (χ1) is 17.6. The minimum atomic E-state index is -0.829. The maximum Gasteiger partial charge on any atom is 0.259 e. The number of carbonyl (C=O) groups excluding carboxylic acids is 1. The molecule has 6 atom stereocenters. The Bertz CT molecular complexity index is 1310. The number of nitrogens with zero attached hydrogens (tertiary/aromatic N) is 2. The molecule has 0 radical (unpaired) electrons. The number of amides is 1. The van der Waals surface area contributed by atoms with Gasteiger partial charge in [0, 0.05) is 29.3 Å². The van der Waals surface area contributed by atoms with Crippen LogP contribution in [0.4, 0.5) is 5.69 Å². The zero-order valence-electron chi connectivity index (χ0n) is 20.2. The van der Waals surface area contributed by atoms with Crippen LogP contribution >= 0.6 is 0 Å². The topological polar surface area (TPSA) is 71.5 Å². The van der Waals surface area contributed by atoms with E-state index in [1.54, 1.807) is 6.07 Å². The molecule has 4 heterocycles. The second kappa shape index (κ2) is 6.44. The molecule has 0 aromatic heterocycles. The van der Waals surface area contributed by atoms with Crippen molar-refractivity contribution in [3.05, 3.63) is 53.6 Å². The van der Waals surface area contributed by atoms with E-state index in [0.29, 0.717) is 5.75 Å². The number of piperidine rings is 1. The molecule has 4 aliphatic heterocycles. The van der Waals surface area contributed by atoms with E-state index in [1.165, 1.54) is 18.4 Å². The molecule has 1 amide bonds. The molecule has 5 unspecified atom stereocenters. The summed E-state index contributed by atoms with van der Waals surface area (Å²) in [6.07, 6.45) is 5.37. The van der Waals surface area contributed by atoms with Gasteiger partial charge in [0.25, 0.3) is 5.91 Å². The number of para-hydroxylation sites is 1. The molecule has 36 heavy (non-hydrogen) atoms. The van der Waals surface area contributed by atoms with Gasteiger partial charge in [-0.25, -0.2) is 0 Å². The molecule has 3 saturated heterocycles. The van der Waals surface area contributed by atoms with E-state index in [4.69, 9.17) is 14.2 Å². The molecule has 2 aromatic rings. The van der Waals surface area contributed by atoms with Crippen LogP contribution in [0.2, 0.25) is 0 Å². The summed E-state index contributed by atoms with van der Waals surface area (Å²) in [6, 6.07) is 14.0. The number of rotatable bonds is 3. The number of phenolic OH excluding ortho intramolecular Hbond substituents is 1. The molecular formula is C29H30N2O5. The molecule has 5 fully saturated rings.